The van der Waals surface area contributed by atoms with Crippen molar-refractivity contribution in [3.05, 3.63) is 57.3 Å². The first-order valence-electron chi connectivity index (χ1n) is 7.62. The van der Waals surface area contributed by atoms with Crippen LogP contribution in [0.4, 0.5) is 0 Å². The molecular weight excluding hydrogens is 426 g/mol. The topological polar surface area (TPSA) is 73.5 Å². The van der Waals surface area contributed by atoms with Gasteiger partial charge in [0.25, 0.3) is 5.91 Å². The fraction of sp³-hybridized carbons (Fsp3) is 0.250. The average molecular weight is 442 g/mol. The van der Waals surface area contributed by atoms with Crippen molar-refractivity contribution in [2.24, 2.45) is 0 Å². The van der Waals surface area contributed by atoms with E-state index in [4.69, 9.17) is 12.2 Å². The van der Waals surface area contributed by atoms with E-state index in [0.717, 1.165) is 0 Å². The molecule has 9 heteroatoms. The molecule has 1 aliphatic rings. The van der Waals surface area contributed by atoms with Crippen LogP contribution in [-0.4, -0.2) is 54.7 Å². The fourth-order valence-electron chi connectivity index (χ4n) is 2.67. The lowest BCUT2D eigenvalue weighted by Crippen LogP contribution is -2.50. The SMILES string of the molecule is O=C(c1ccc[nH]c1=S)N1CCN(S(=O)(=O)c2cccc(Br)c2)CC1. The lowest BCUT2D eigenvalue weighted by atomic mass is 10.2. The number of carbonyl (C=O) groups excluding carboxylic acids is 1. The smallest absolute Gasteiger partial charge is 0.256 e. The minimum absolute atomic E-state index is 0.179. The summed E-state index contributed by atoms with van der Waals surface area (Å²) in [5, 5.41) is 0. The normalized spacial score (nSPS) is 16.0. The molecule has 1 amide bonds. The Hall–Kier alpha value is -1.55. The molecule has 2 heterocycles. The summed E-state index contributed by atoms with van der Waals surface area (Å²) in [5.74, 6) is -0.179. The molecule has 0 radical (unpaired) electrons. The molecule has 132 valence electrons. The molecule has 0 bridgehead atoms. The Labute approximate surface area is 159 Å². The van der Waals surface area contributed by atoms with Gasteiger partial charge in [0.15, 0.2) is 0 Å². The van der Waals surface area contributed by atoms with Crippen molar-refractivity contribution in [2.45, 2.75) is 4.90 Å². The number of nitrogens with zero attached hydrogens (tertiary/aromatic N) is 2. The molecule has 1 N–H and O–H groups in total. The van der Waals surface area contributed by atoms with Gasteiger partial charge in [-0.3, -0.25) is 4.79 Å². The van der Waals surface area contributed by atoms with Crippen LogP contribution in [0, 0.1) is 4.64 Å². The van der Waals surface area contributed by atoms with Crippen LogP contribution in [0.3, 0.4) is 0 Å². The lowest BCUT2D eigenvalue weighted by molar-refractivity contribution is 0.0697. The second-order valence-electron chi connectivity index (χ2n) is 5.57. The van der Waals surface area contributed by atoms with Gasteiger partial charge in [-0.2, -0.15) is 4.31 Å². The van der Waals surface area contributed by atoms with Crippen LogP contribution in [0.2, 0.25) is 0 Å². The van der Waals surface area contributed by atoms with Crippen molar-refractivity contribution in [1.82, 2.24) is 14.2 Å². The van der Waals surface area contributed by atoms with E-state index in [-0.39, 0.29) is 23.9 Å². The molecule has 1 aliphatic heterocycles. The number of hydrogen-bond donors (Lipinski definition) is 1. The van der Waals surface area contributed by atoms with Gasteiger partial charge >= 0.3 is 0 Å². The third-order valence-electron chi connectivity index (χ3n) is 4.01. The predicted octanol–water partition coefficient (Wildman–Crippen LogP) is 2.65. The summed E-state index contributed by atoms with van der Waals surface area (Å²) >= 11 is 8.43. The number of hydrogen-bond acceptors (Lipinski definition) is 4. The summed E-state index contributed by atoms with van der Waals surface area (Å²) in [4.78, 5) is 17.3. The Morgan fingerprint density at radius 2 is 1.84 bits per heavy atom. The maximum atomic E-state index is 12.7. The number of benzene rings is 1. The van der Waals surface area contributed by atoms with Gasteiger partial charge in [0.1, 0.15) is 4.64 Å². The fourth-order valence-corrected chi connectivity index (χ4v) is 4.91. The van der Waals surface area contributed by atoms with E-state index in [0.29, 0.717) is 27.8 Å². The van der Waals surface area contributed by atoms with Gasteiger partial charge in [-0.25, -0.2) is 8.42 Å². The maximum absolute atomic E-state index is 12.7. The third-order valence-corrected chi connectivity index (χ3v) is 6.73. The number of nitrogens with one attached hydrogen (secondary N) is 1. The first-order valence-corrected chi connectivity index (χ1v) is 10.3. The minimum Gasteiger partial charge on any atom is -0.352 e. The van der Waals surface area contributed by atoms with Crippen molar-refractivity contribution in [3.63, 3.8) is 0 Å². The highest BCUT2D eigenvalue weighted by molar-refractivity contribution is 9.10. The molecule has 1 saturated heterocycles. The zero-order chi connectivity index (χ0) is 18.0. The number of sulfonamides is 1. The van der Waals surface area contributed by atoms with Gasteiger partial charge in [0, 0.05) is 36.8 Å². The summed E-state index contributed by atoms with van der Waals surface area (Å²) in [6, 6.07) is 10.0. The summed E-state index contributed by atoms with van der Waals surface area (Å²) in [7, 11) is -3.57. The predicted molar refractivity (Wildman–Crippen MR) is 100 cm³/mol. The van der Waals surface area contributed by atoms with Crippen molar-refractivity contribution < 1.29 is 13.2 Å². The van der Waals surface area contributed by atoms with E-state index >= 15 is 0 Å². The molecule has 1 aromatic heterocycles. The van der Waals surface area contributed by atoms with Crippen molar-refractivity contribution >= 4 is 44.1 Å². The Kier molecular flexibility index (Phi) is 5.38. The summed E-state index contributed by atoms with van der Waals surface area (Å²) in [5.41, 5.74) is 0.431. The minimum atomic E-state index is -3.57. The molecule has 6 nitrogen and oxygen atoms in total. The molecule has 2 aromatic rings. The number of aromatic nitrogens is 1. The first kappa shape index (κ1) is 18.2. The molecule has 3 rings (SSSR count). The van der Waals surface area contributed by atoms with Crippen molar-refractivity contribution in [3.8, 4) is 0 Å². The van der Waals surface area contributed by atoms with Crippen molar-refractivity contribution in [1.29, 1.82) is 0 Å². The highest BCUT2D eigenvalue weighted by Gasteiger charge is 2.30. The van der Waals surface area contributed by atoms with Crippen LogP contribution in [0.5, 0.6) is 0 Å². The number of rotatable bonds is 3. The van der Waals surface area contributed by atoms with E-state index in [2.05, 4.69) is 20.9 Å². The van der Waals surface area contributed by atoms with Gasteiger partial charge < -0.3 is 9.88 Å². The maximum Gasteiger partial charge on any atom is 0.256 e. The number of piperazine rings is 1. The Morgan fingerprint density at radius 3 is 2.48 bits per heavy atom. The van der Waals surface area contributed by atoms with Crippen LogP contribution in [0.15, 0.2) is 52.0 Å². The van der Waals surface area contributed by atoms with Crippen LogP contribution < -0.4 is 0 Å². The number of carbonyl (C=O) groups is 1. The van der Waals surface area contributed by atoms with E-state index in [9.17, 15) is 13.2 Å². The summed E-state index contributed by atoms with van der Waals surface area (Å²) < 4.78 is 27.9. The quantitative estimate of drug-likeness (QED) is 0.742. The van der Waals surface area contributed by atoms with E-state index in [1.54, 1.807) is 47.5 Å². The Bertz CT molecular complexity index is 951. The molecule has 0 atom stereocenters. The standard InChI is InChI=1S/C16H16BrN3O3S2/c17-12-3-1-4-13(11-12)25(22,23)20-9-7-19(8-10-20)16(21)14-5-2-6-18-15(14)24/h1-6,11H,7-10H2,(H,18,24). The van der Waals surface area contributed by atoms with Gasteiger partial charge in [-0.1, -0.05) is 34.2 Å². The molecule has 0 aliphatic carbocycles. The third kappa shape index (κ3) is 3.84. The zero-order valence-corrected chi connectivity index (χ0v) is 16.4. The molecule has 1 fully saturated rings. The van der Waals surface area contributed by atoms with Crippen LogP contribution in [0.25, 0.3) is 0 Å². The zero-order valence-electron chi connectivity index (χ0n) is 13.2. The van der Waals surface area contributed by atoms with E-state index in [1.807, 2.05) is 0 Å². The van der Waals surface area contributed by atoms with Crippen LogP contribution >= 0.6 is 28.1 Å². The molecule has 0 saturated carbocycles. The lowest BCUT2D eigenvalue weighted by Gasteiger charge is -2.34. The summed E-state index contributed by atoms with van der Waals surface area (Å²) in [6.07, 6.45) is 1.67. The number of halogens is 1. The second kappa shape index (κ2) is 7.36. The van der Waals surface area contributed by atoms with Gasteiger partial charge in [0.05, 0.1) is 10.5 Å². The molecular formula is C16H16BrN3O3S2. The Balaban J connectivity index is 1.73. The second-order valence-corrected chi connectivity index (χ2v) is 8.83. The van der Waals surface area contributed by atoms with Crippen molar-refractivity contribution in [2.75, 3.05) is 26.2 Å². The Morgan fingerprint density at radius 1 is 1.12 bits per heavy atom. The molecule has 1 aromatic carbocycles. The van der Waals surface area contributed by atoms with Crippen LogP contribution in [-0.2, 0) is 10.0 Å². The van der Waals surface area contributed by atoms with Gasteiger partial charge in [0.2, 0.25) is 10.0 Å². The van der Waals surface area contributed by atoms with Gasteiger partial charge in [-0.15, -0.1) is 0 Å². The highest BCUT2D eigenvalue weighted by Crippen LogP contribution is 2.21. The monoisotopic (exact) mass is 441 g/mol. The largest absolute Gasteiger partial charge is 0.352 e. The number of pyridine rings is 1. The number of amides is 1. The summed E-state index contributed by atoms with van der Waals surface area (Å²) in [6.45, 7) is 1.17. The number of aromatic amines is 1. The number of H-pyrrole nitrogens is 1. The molecule has 0 spiro atoms. The molecule has 25 heavy (non-hydrogen) atoms. The van der Waals surface area contributed by atoms with E-state index in [1.165, 1.54) is 4.31 Å². The highest BCUT2D eigenvalue weighted by atomic mass is 79.9. The average Bonchev–Trinajstić information content (AvgIpc) is 2.62. The van der Waals surface area contributed by atoms with E-state index < -0.39 is 10.0 Å². The van der Waals surface area contributed by atoms with Gasteiger partial charge in [-0.05, 0) is 30.3 Å². The first-order chi connectivity index (χ1) is 11.9. The molecule has 0 unspecified atom stereocenters. The van der Waals surface area contributed by atoms with Crippen LogP contribution in [0.1, 0.15) is 10.4 Å².